The average molecular weight is 523 g/mol. The highest BCUT2D eigenvalue weighted by molar-refractivity contribution is 6.29. The summed E-state index contributed by atoms with van der Waals surface area (Å²) in [7, 11) is 3.81. The molecule has 2 saturated heterocycles. The van der Waals surface area contributed by atoms with Crippen molar-refractivity contribution in [2.45, 2.75) is 44.2 Å². The lowest BCUT2D eigenvalue weighted by Crippen LogP contribution is -2.33. The van der Waals surface area contributed by atoms with Gasteiger partial charge in [-0.3, -0.25) is 0 Å². The lowest BCUT2D eigenvalue weighted by Gasteiger charge is -2.25. The minimum atomic E-state index is -0.752. The minimum absolute atomic E-state index is 0.274. The molecule has 4 aromatic rings. The van der Waals surface area contributed by atoms with Crippen LogP contribution < -0.4 is 4.74 Å². The van der Waals surface area contributed by atoms with Crippen LogP contribution in [0.25, 0.3) is 21.9 Å². The maximum atomic E-state index is 6.48. The molecule has 0 amide bonds. The Morgan fingerprint density at radius 3 is 2.78 bits per heavy atom. The molecule has 10 nitrogen and oxygen atoms in total. The molecule has 0 saturated carbocycles. The van der Waals surface area contributed by atoms with E-state index in [1.54, 1.807) is 12.4 Å². The van der Waals surface area contributed by atoms with Crippen LogP contribution in [0.2, 0.25) is 5.15 Å². The summed E-state index contributed by atoms with van der Waals surface area (Å²) >= 11 is 6.06. The number of benzene rings is 1. The number of halogens is 1. The van der Waals surface area contributed by atoms with Crippen LogP contribution in [0, 0.1) is 0 Å². The van der Waals surface area contributed by atoms with E-state index in [0.717, 1.165) is 16.3 Å². The number of rotatable bonds is 6. The van der Waals surface area contributed by atoms with Crippen LogP contribution in [0.1, 0.15) is 20.1 Å². The fourth-order valence-electron chi connectivity index (χ4n) is 4.79. The smallest absolute Gasteiger partial charge is 0.166 e. The van der Waals surface area contributed by atoms with Gasteiger partial charge in [0.1, 0.15) is 47.8 Å². The summed E-state index contributed by atoms with van der Waals surface area (Å²) in [5.41, 5.74) is 1.47. The summed E-state index contributed by atoms with van der Waals surface area (Å²) in [6.45, 7) is 4.09. The fraction of sp³-hybridized carbons (Fsp3) is 0.385. The van der Waals surface area contributed by atoms with E-state index in [1.165, 1.54) is 6.33 Å². The molecule has 6 rings (SSSR count). The van der Waals surface area contributed by atoms with E-state index >= 15 is 0 Å². The Bertz CT molecular complexity index is 1490. The van der Waals surface area contributed by atoms with Crippen molar-refractivity contribution in [2.75, 3.05) is 20.7 Å². The van der Waals surface area contributed by atoms with Crippen molar-refractivity contribution in [1.29, 1.82) is 0 Å². The molecule has 2 aliphatic heterocycles. The predicted molar refractivity (Wildman–Crippen MR) is 139 cm³/mol. The highest BCUT2D eigenvalue weighted by Gasteiger charge is 2.56. The number of ether oxygens (including phenoxy) is 4. The Hall–Kier alpha value is -3.31. The van der Waals surface area contributed by atoms with Gasteiger partial charge in [-0.25, -0.2) is 19.9 Å². The maximum Gasteiger partial charge on any atom is 0.166 e. The molecule has 192 valence electrons. The molecule has 2 aliphatic rings. The minimum Gasteiger partial charge on any atom is -0.491 e. The van der Waals surface area contributed by atoms with Crippen molar-refractivity contribution >= 4 is 45.7 Å². The molecule has 1 aromatic carbocycles. The fourth-order valence-corrected chi connectivity index (χ4v) is 4.95. The van der Waals surface area contributed by atoms with Crippen LogP contribution in [0.15, 0.2) is 53.9 Å². The van der Waals surface area contributed by atoms with Gasteiger partial charge in [-0.05, 0) is 44.2 Å². The second-order valence-electron chi connectivity index (χ2n) is 9.80. The van der Waals surface area contributed by atoms with E-state index in [-0.39, 0.29) is 24.9 Å². The molecule has 37 heavy (non-hydrogen) atoms. The molecule has 3 aromatic heterocycles. The van der Waals surface area contributed by atoms with Crippen molar-refractivity contribution in [3.63, 3.8) is 0 Å². The van der Waals surface area contributed by atoms with E-state index in [2.05, 4.69) is 19.9 Å². The summed E-state index contributed by atoms with van der Waals surface area (Å²) in [6, 6.07) is 11.4. The number of aromatic nitrogens is 4. The third kappa shape index (κ3) is 4.61. The van der Waals surface area contributed by atoms with E-state index in [1.807, 2.05) is 73.9 Å². The van der Waals surface area contributed by atoms with Crippen molar-refractivity contribution < 1.29 is 18.9 Å². The third-order valence-corrected chi connectivity index (χ3v) is 6.55. The molecule has 0 unspecified atom stereocenters. The lowest BCUT2D eigenvalue weighted by molar-refractivity contribution is -0.198. The monoisotopic (exact) mass is 522 g/mol. The molecule has 0 bridgehead atoms. The van der Waals surface area contributed by atoms with E-state index in [9.17, 15) is 0 Å². The lowest BCUT2D eigenvalue weighted by atomic mass is 10.1. The Kier molecular flexibility index (Phi) is 5.99. The van der Waals surface area contributed by atoms with Gasteiger partial charge in [0.25, 0.3) is 0 Å². The summed E-state index contributed by atoms with van der Waals surface area (Å²) in [5.74, 6) is 0.505. The van der Waals surface area contributed by atoms with Crippen molar-refractivity contribution in [3.8, 4) is 5.75 Å². The van der Waals surface area contributed by atoms with Crippen LogP contribution >= 0.6 is 11.6 Å². The van der Waals surface area contributed by atoms with Gasteiger partial charge in [-0.1, -0.05) is 11.6 Å². The van der Waals surface area contributed by atoms with Crippen LogP contribution in [-0.2, 0) is 14.2 Å². The van der Waals surface area contributed by atoms with Gasteiger partial charge >= 0.3 is 0 Å². The third-order valence-electron chi connectivity index (χ3n) is 6.34. The number of fused-ring (bicyclic) bond motifs is 3. The van der Waals surface area contributed by atoms with Crippen LogP contribution in [0.4, 0.5) is 5.82 Å². The average Bonchev–Trinajstić information content (AvgIpc) is 3.52. The van der Waals surface area contributed by atoms with Crippen molar-refractivity contribution in [1.82, 2.24) is 24.4 Å². The Labute approximate surface area is 218 Å². The van der Waals surface area contributed by atoms with E-state index in [4.69, 9.17) is 30.5 Å². The number of hydrogen-bond donors (Lipinski definition) is 0. The first kappa shape index (κ1) is 24.1. The van der Waals surface area contributed by atoms with E-state index < -0.39 is 12.0 Å². The van der Waals surface area contributed by atoms with Gasteiger partial charge in [0.2, 0.25) is 0 Å². The zero-order valence-corrected chi connectivity index (χ0v) is 21.7. The quantitative estimate of drug-likeness (QED) is 0.209. The molecule has 11 heteroatoms. The van der Waals surface area contributed by atoms with Gasteiger partial charge < -0.3 is 28.4 Å². The molecule has 0 radical (unpaired) electrons. The largest absolute Gasteiger partial charge is 0.491 e. The molecular weight excluding hydrogens is 496 g/mol. The standard InChI is InChI=1S/C26H27ClN6O4/c1-26(2)36-21-19(12-34-16-7-5-15-6-8-20(27)31-18(15)11-16)35-25(22(21)37-26)33-10-9-17-23(30-14-32(3)4)28-13-29-24(17)33/h5-11,13-14,19,21-22,25H,12H2,1-4H3/t19-,21-,22-,25-/m1/s1. The molecule has 0 aliphatic carbocycles. The first-order chi connectivity index (χ1) is 17.8. The number of nitrogens with zero attached hydrogens (tertiary/aromatic N) is 6. The second-order valence-corrected chi connectivity index (χ2v) is 10.2. The molecule has 4 atom stereocenters. The molecule has 0 spiro atoms. The highest BCUT2D eigenvalue weighted by atomic mass is 35.5. The van der Waals surface area contributed by atoms with Crippen LogP contribution in [0.3, 0.4) is 0 Å². The molecular formula is C26H27ClN6O4. The molecule has 5 heterocycles. The Morgan fingerprint density at radius 1 is 1.14 bits per heavy atom. The van der Waals surface area contributed by atoms with Gasteiger partial charge in [0.15, 0.2) is 17.8 Å². The van der Waals surface area contributed by atoms with Gasteiger partial charge in [0.05, 0.1) is 17.2 Å². The van der Waals surface area contributed by atoms with Crippen LogP contribution in [0.5, 0.6) is 5.75 Å². The molecule has 0 N–H and O–H groups in total. The topological polar surface area (TPSA) is 96.1 Å². The second kappa shape index (κ2) is 9.21. The first-order valence-electron chi connectivity index (χ1n) is 12.0. The normalized spacial score (nSPS) is 24.8. The van der Waals surface area contributed by atoms with Crippen molar-refractivity contribution in [2.24, 2.45) is 4.99 Å². The summed E-state index contributed by atoms with van der Waals surface area (Å²) < 4.78 is 27.1. The zero-order valence-electron chi connectivity index (χ0n) is 20.9. The highest BCUT2D eigenvalue weighted by Crippen LogP contribution is 2.44. The van der Waals surface area contributed by atoms with Crippen molar-refractivity contribution in [3.05, 3.63) is 54.1 Å². The van der Waals surface area contributed by atoms with Gasteiger partial charge in [-0.2, -0.15) is 0 Å². The Morgan fingerprint density at radius 2 is 1.95 bits per heavy atom. The first-order valence-corrected chi connectivity index (χ1v) is 12.4. The summed E-state index contributed by atoms with van der Waals surface area (Å²) in [4.78, 5) is 19.6. The number of aliphatic imine (C=N–C) groups is 1. The number of hydrogen-bond acceptors (Lipinski definition) is 8. The maximum absolute atomic E-state index is 6.48. The van der Waals surface area contributed by atoms with Crippen LogP contribution in [-0.4, -0.2) is 75.6 Å². The zero-order chi connectivity index (χ0) is 25.7. The number of pyridine rings is 1. The SMILES string of the molecule is CN(C)C=Nc1ncnc2c1ccn2[C@@H]1O[C@H](COc2ccc3ccc(Cl)nc3c2)[C@H]2OC(C)(C)O[C@H]21. The summed E-state index contributed by atoms with van der Waals surface area (Å²) in [6.07, 6.45) is 3.64. The van der Waals surface area contributed by atoms with Gasteiger partial charge in [-0.15, -0.1) is 0 Å². The summed E-state index contributed by atoms with van der Waals surface area (Å²) in [5, 5.41) is 2.24. The molecule has 2 fully saturated rings. The Balaban J connectivity index is 1.27. The van der Waals surface area contributed by atoms with Gasteiger partial charge in [0, 0.05) is 31.7 Å². The van der Waals surface area contributed by atoms with E-state index in [0.29, 0.717) is 22.4 Å². The predicted octanol–water partition coefficient (Wildman–Crippen LogP) is 4.35.